The fourth-order valence-corrected chi connectivity index (χ4v) is 7.25. The summed E-state index contributed by atoms with van der Waals surface area (Å²) in [7, 11) is 0. The summed E-state index contributed by atoms with van der Waals surface area (Å²) in [6.45, 7) is 14.0. The normalized spacial score (nSPS) is 11.8. The third-order valence-electron chi connectivity index (χ3n) is 9.08. The van der Waals surface area contributed by atoms with E-state index in [4.69, 9.17) is 6.57 Å². The highest BCUT2D eigenvalue weighted by Crippen LogP contribution is 2.43. The lowest BCUT2D eigenvalue weighted by atomic mass is 9.82. The van der Waals surface area contributed by atoms with Gasteiger partial charge in [0.1, 0.15) is 6.07 Å². The van der Waals surface area contributed by atoms with Crippen molar-refractivity contribution < 1.29 is 0 Å². The zero-order valence-corrected chi connectivity index (χ0v) is 25.9. The van der Waals surface area contributed by atoms with E-state index in [1.165, 1.54) is 21.8 Å². The Kier molecular flexibility index (Phi) is 6.11. The lowest BCUT2D eigenvalue weighted by Crippen LogP contribution is -2.15. The zero-order chi connectivity index (χ0) is 31.6. The van der Waals surface area contributed by atoms with E-state index < -0.39 is 0 Å². The molecule has 4 nitrogen and oxygen atoms in total. The molecule has 2 heterocycles. The minimum Gasteiger partial charge on any atom is -0.309 e. The van der Waals surface area contributed by atoms with E-state index in [9.17, 15) is 5.26 Å². The van der Waals surface area contributed by atoms with Gasteiger partial charge >= 0.3 is 0 Å². The van der Waals surface area contributed by atoms with Gasteiger partial charge in [-0.3, -0.25) is 0 Å². The maximum Gasteiger partial charge on any atom is 0.192 e. The van der Waals surface area contributed by atoms with Crippen LogP contribution in [0.3, 0.4) is 0 Å². The summed E-state index contributed by atoms with van der Waals surface area (Å²) in [5.74, 6) is 0. The summed E-state index contributed by atoms with van der Waals surface area (Å²) in [6, 6.07) is 47.1. The molecule has 0 amide bonds. The van der Waals surface area contributed by atoms with Gasteiger partial charge in [-0.2, -0.15) is 5.26 Å². The third-order valence-corrected chi connectivity index (χ3v) is 9.08. The topological polar surface area (TPSA) is 38.0 Å². The molecule has 218 valence electrons. The summed E-state index contributed by atoms with van der Waals surface area (Å²) in [5.41, 5.74) is 10.1. The van der Waals surface area contributed by atoms with Gasteiger partial charge in [0.25, 0.3) is 0 Å². The van der Waals surface area contributed by atoms with E-state index in [2.05, 4.69) is 150 Å². The summed E-state index contributed by atoms with van der Waals surface area (Å²) >= 11 is 0. The van der Waals surface area contributed by atoms with Gasteiger partial charge in [0.05, 0.1) is 39.9 Å². The van der Waals surface area contributed by atoms with Crippen LogP contribution >= 0.6 is 0 Å². The van der Waals surface area contributed by atoms with Crippen LogP contribution in [0.15, 0.2) is 127 Å². The van der Waals surface area contributed by atoms with E-state index in [1.54, 1.807) is 0 Å². The zero-order valence-electron chi connectivity index (χ0n) is 25.9. The molecule has 0 N–H and O–H groups in total. The van der Waals surface area contributed by atoms with E-state index in [0.717, 1.165) is 49.9 Å². The van der Waals surface area contributed by atoms with Gasteiger partial charge in [-0.05, 0) is 70.6 Å². The first-order chi connectivity index (χ1) is 22.4. The molecule has 4 heteroatoms. The Hall–Kier alpha value is -6.10. The lowest BCUT2D eigenvalue weighted by Gasteiger charge is -2.24. The first kappa shape index (κ1) is 27.4. The number of hydrogen-bond donors (Lipinski definition) is 0. The molecule has 0 spiro atoms. The number of hydrogen-bond acceptors (Lipinski definition) is 1. The average molecular weight is 591 g/mol. The third kappa shape index (κ3) is 3.98. The van der Waals surface area contributed by atoms with Crippen molar-refractivity contribution in [1.29, 1.82) is 5.26 Å². The van der Waals surface area contributed by atoms with Crippen LogP contribution in [-0.4, -0.2) is 9.13 Å². The van der Waals surface area contributed by atoms with E-state index >= 15 is 0 Å². The molecule has 0 atom stereocenters. The van der Waals surface area contributed by atoms with Crippen LogP contribution < -0.4 is 0 Å². The second-order valence-corrected chi connectivity index (χ2v) is 12.8. The Bertz CT molecular complexity index is 2580. The molecule has 0 unspecified atom stereocenters. The standard InChI is InChI=1S/C42H30N4/c1-42(2,3)41-33(26-43)38(24-22-34(41)44-4)46-36-19-11-9-16-31(36)40-29(17-12-20-39(40)46)27-21-23-37-32(25-27)30-15-8-10-18-35(30)45(37)28-13-6-5-7-14-28/h5-25H,1-3H3. The van der Waals surface area contributed by atoms with Gasteiger partial charge in [-0.15, -0.1) is 0 Å². The largest absolute Gasteiger partial charge is 0.309 e. The second kappa shape index (κ2) is 10.2. The van der Waals surface area contributed by atoms with Gasteiger partial charge in [-0.25, -0.2) is 4.85 Å². The summed E-state index contributed by atoms with van der Waals surface area (Å²) in [5, 5.41) is 15.2. The minimum atomic E-state index is -0.376. The second-order valence-electron chi connectivity index (χ2n) is 12.8. The molecule has 2 aromatic heterocycles. The number of benzene rings is 6. The smallest absolute Gasteiger partial charge is 0.192 e. The summed E-state index contributed by atoms with van der Waals surface area (Å²) < 4.78 is 4.54. The van der Waals surface area contributed by atoms with Gasteiger partial charge < -0.3 is 9.13 Å². The Balaban J connectivity index is 1.43. The molecule has 8 aromatic rings. The predicted molar refractivity (Wildman–Crippen MR) is 190 cm³/mol. The first-order valence-corrected chi connectivity index (χ1v) is 15.5. The van der Waals surface area contributed by atoms with Crippen molar-refractivity contribution in [3.63, 3.8) is 0 Å². The van der Waals surface area contributed by atoms with Crippen LogP contribution in [0.5, 0.6) is 0 Å². The van der Waals surface area contributed by atoms with Crippen molar-refractivity contribution >= 4 is 49.3 Å². The van der Waals surface area contributed by atoms with Crippen molar-refractivity contribution in [2.75, 3.05) is 0 Å². The molecule has 8 rings (SSSR count). The van der Waals surface area contributed by atoms with Gasteiger partial charge in [-0.1, -0.05) is 99.6 Å². The quantitative estimate of drug-likeness (QED) is 0.189. The van der Waals surface area contributed by atoms with Crippen LogP contribution in [0.1, 0.15) is 31.9 Å². The van der Waals surface area contributed by atoms with Gasteiger partial charge in [0.2, 0.25) is 0 Å². The maximum absolute atomic E-state index is 10.6. The van der Waals surface area contributed by atoms with Crippen molar-refractivity contribution in [1.82, 2.24) is 9.13 Å². The number of rotatable bonds is 3. The summed E-state index contributed by atoms with van der Waals surface area (Å²) in [6.07, 6.45) is 0. The predicted octanol–water partition coefficient (Wildman–Crippen LogP) is 11.3. The molecular weight excluding hydrogens is 560 g/mol. The molecule has 0 aliphatic carbocycles. The molecule has 0 aliphatic rings. The van der Waals surface area contributed by atoms with Crippen molar-refractivity contribution in [3.8, 4) is 28.6 Å². The molecule has 0 aliphatic heterocycles. The van der Waals surface area contributed by atoms with Crippen molar-refractivity contribution in [2.45, 2.75) is 26.2 Å². The molecule has 0 saturated carbocycles. The number of nitriles is 1. The maximum atomic E-state index is 10.6. The SMILES string of the molecule is [C-]#[N+]c1ccc(-n2c3ccccc3c3c(-c4ccc5c(c4)c4ccccc4n5-c4ccccc4)cccc32)c(C#N)c1C(C)(C)C. The van der Waals surface area contributed by atoms with E-state index in [1.807, 2.05) is 18.2 Å². The Labute approximate surface area is 267 Å². The average Bonchev–Trinajstić information content (AvgIpc) is 3.60. The Morgan fingerprint density at radius 3 is 2.00 bits per heavy atom. The lowest BCUT2D eigenvalue weighted by molar-refractivity contribution is 0.591. The molecule has 0 radical (unpaired) electrons. The fourth-order valence-electron chi connectivity index (χ4n) is 7.25. The molecule has 0 saturated heterocycles. The van der Waals surface area contributed by atoms with Crippen LogP contribution in [-0.2, 0) is 5.41 Å². The minimum absolute atomic E-state index is 0.376. The van der Waals surface area contributed by atoms with Crippen LogP contribution in [0.25, 0.3) is 71.0 Å². The van der Waals surface area contributed by atoms with Crippen LogP contribution in [0.2, 0.25) is 0 Å². The van der Waals surface area contributed by atoms with Crippen LogP contribution in [0.4, 0.5) is 5.69 Å². The van der Waals surface area contributed by atoms with Gasteiger partial charge in [0, 0.05) is 27.2 Å². The Morgan fingerprint density at radius 2 is 1.28 bits per heavy atom. The van der Waals surface area contributed by atoms with E-state index in [0.29, 0.717) is 11.3 Å². The molecule has 0 fully saturated rings. The highest BCUT2D eigenvalue weighted by Gasteiger charge is 2.27. The Morgan fingerprint density at radius 1 is 0.630 bits per heavy atom. The van der Waals surface area contributed by atoms with Crippen LogP contribution in [0, 0.1) is 17.9 Å². The molecule has 0 bridgehead atoms. The number of fused-ring (bicyclic) bond motifs is 6. The molecule has 46 heavy (non-hydrogen) atoms. The summed E-state index contributed by atoms with van der Waals surface area (Å²) in [4.78, 5) is 3.80. The number of aromatic nitrogens is 2. The molecule has 6 aromatic carbocycles. The first-order valence-electron chi connectivity index (χ1n) is 15.5. The number of nitrogens with zero attached hydrogens (tertiary/aromatic N) is 4. The van der Waals surface area contributed by atoms with Crippen molar-refractivity contribution in [2.24, 2.45) is 0 Å². The highest BCUT2D eigenvalue weighted by molar-refractivity contribution is 6.17. The highest BCUT2D eigenvalue weighted by atomic mass is 15.0. The van der Waals surface area contributed by atoms with E-state index in [-0.39, 0.29) is 5.41 Å². The van der Waals surface area contributed by atoms with Crippen molar-refractivity contribution in [3.05, 3.63) is 150 Å². The monoisotopic (exact) mass is 590 g/mol. The number of para-hydroxylation sites is 3. The molecular formula is C42H30N4. The van der Waals surface area contributed by atoms with Gasteiger partial charge in [0.15, 0.2) is 5.69 Å². The fraction of sp³-hybridized carbons (Fsp3) is 0.0952.